The molecule has 1 N–H and O–H groups in total. The van der Waals surface area contributed by atoms with Crippen molar-refractivity contribution in [2.75, 3.05) is 25.6 Å². The van der Waals surface area contributed by atoms with Crippen molar-refractivity contribution >= 4 is 49.2 Å². The van der Waals surface area contributed by atoms with Crippen molar-refractivity contribution in [2.24, 2.45) is 0 Å². The highest BCUT2D eigenvalue weighted by Gasteiger charge is 2.17. The van der Waals surface area contributed by atoms with Crippen molar-refractivity contribution in [3.05, 3.63) is 27.7 Å². The topological polar surface area (TPSA) is 55.4 Å². The second kappa shape index (κ2) is 7.67. The summed E-state index contributed by atoms with van der Waals surface area (Å²) in [7, 11) is -3.61. The minimum absolute atomic E-state index is 0.0460. The number of alkyl halides is 1. The van der Waals surface area contributed by atoms with E-state index in [1.54, 1.807) is 6.07 Å². The predicted molar refractivity (Wildman–Crippen MR) is 75.9 cm³/mol. The maximum Gasteiger partial charge on any atom is 0.242 e. The highest BCUT2D eigenvalue weighted by molar-refractivity contribution is 9.10. The summed E-state index contributed by atoms with van der Waals surface area (Å²) < 4.78 is 32.0. The standard InChI is InChI=1S/C10H12BrCl2NO3S/c11-8-1-2-10(9(13)7-8)18(15,16)14-4-6-17-5-3-12/h1-2,7,14H,3-6H2. The van der Waals surface area contributed by atoms with Gasteiger partial charge in [0.05, 0.1) is 18.2 Å². The molecule has 0 aliphatic carbocycles. The molecule has 1 aromatic rings. The fourth-order valence-corrected chi connectivity index (χ4v) is 3.33. The Hall–Kier alpha value is 0.150. The molecule has 0 bridgehead atoms. The van der Waals surface area contributed by atoms with Gasteiger partial charge in [0.2, 0.25) is 10.0 Å². The molecule has 0 aliphatic heterocycles. The van der Waals surface area contributed by atoms with E-state index in [0.717, 1.165) is 4.47 Å². The molecule has 1 aromatic carbocycles. The average molecular weight is 377 g/mol. The van der Waals surface area contributed by atoms with E-state index in [4.69, 9.17) is 27.9 Å². The number of hydrogen-bond acceptors (Lipinski definition) is 3. The Morgan fingerprint density at radius 1 is 1.33 bits per heavy atom. The molecule has 0 saturated carbocycles. The van der Waals surface area contributed by atoms with Gasteiger partial charge in [-0.1, -0.05) is 27.5 Å². The summed E-state index contributed by atoms with van der Waals surface area (Å²) in [5, 5.41) is 0.165. The Balaban J connectivity index is 2.63. The van der Waals surface area contributed by atoms with Crippen molar-refractivity contribution in [3.8, 4) is 0 Å². The van der Waals surface area contributed by atoms with Crippen LogP contribution in [0.15, 0.2) is 27.6 Å². The predicted octanol–water partition coefficient (Wildman–Crippen LogP) is 2.64. The first-order valence-corrected chi connectivity index (χ1v) is 8.24. The maximum absolute atomic E-state index is 11.9. The molecule has 0 fully saturated rings. The molecule has 0 spiro atoms. The van der Waals surface area contributed by atoms with Crippen LogP contribution >= 0.6 is 39.1 Å². The Bertz CT molecular complexity index is 496. The van der Waals surface area contributed by atoms with Crippen LogP contribution in [0, 0.1) is 0 Å². The lowest BCUT2D eigenvalue weighted by Gasteiger charge is -2.08. The molecule has 0 atom stereocenters. The first-order valence-electron chi connectivity index (χ1n) is 5.06. The van der Waals surface area contributed by atoms with Gasteiger partial charge >= 0.3 is 0 Å². The molecular weight excluding hydrogens is 365 g/mol. The van der Waals surface area contributed by atoms with Crippen molar-refractivity contribution in [1.29, 1.82) is 0 Å². The number of rotatable bonds is 7. The highest BCUT2D eigenvalue weighted by Crippen LogP contribution is 2.24. The molecule has 0 heterocycles. The van der Waals surface area contributed by atoms with E-state index in [-0.39, 0.29) is 23.1 Å². The van der Waals surface area contributed by atoms with Crippen LogP contribution in [0.4, 0.5) is 0 Å². The minimum Gasteiger partial charge on any atom is -0.379 e. The van der Waals surface area contributed by atoms with Gasteiger partial charge in [0.15, 0.2) is 0 Å². The third-order valence-corrected chi connectivity index (χ3v) is 4.53. The summed E-state index contributed by atoms with van der Waals surface area (Å²) in [6.45, 7) is 0.827. The first-order chi connectivity index (χ1) is 8.47. The number of sulfonamides is 1. The van der Waals surface area contributed by atoms with E-state index in [2.05, 4.69) is 20.7 Å². The quantitative estimate of drug-likeness (QED) is 0.587. The van der Waals surface area contributed by atoms with Crippen LogP contribution in [0.25, 0.3) is 0 Å². The smallest absolute Gasteiger partial charge is 0.242 e. The van der Waals surface area contributed by atoms with Gasteiger partial charge in [-0.2, -0.15) is 0 Å². The Morgan fingerprint density at radius 3 is 2.67 bits per heavy atom. The molecule has 18 heavy (non-hydrogen) atoms. The van der Waals surface area contributed by atoms with Crippen LogP contribution in [0.3, 0.4) is 0 Å². The number of ether oxygens (including phenoxy) is 1. The van der Waals surface area contributed by atoms with Crippen LogP contribution < -0.4 is 4.72 Å². The van der Waals surface area contributed by atoms with Crippen LogP contribution in [-0.2, 0) is 14.8 Å². The zero-order valence-electron chi connectivity index (χ0n) is 9.33. The lowest BCUT2D eigenvalue weighted by molar-refractivity contribution is 0.155. The summed E-state index contributed by atoms with van der Waals surface area (Å²) >= 11 is 14.5. The van der Waals surface area contributed by atoms with E-state index in [0.29, 0.717) is 12.5 Å². The largest absolute Gasteiger partial charge is 0.379 e. The molecule has 102 valence electrons. The monoisotopic (exact) mass is 375 g/mol. The molecular formula is C10H12BrCl2NO3S. The Labute approximate surface area is 125 Å². The fraction of sp³-hybridized carbons (Fsp3) is 0.400. The third kappa shape index (κ3) is 5.03. The van der Waals surface area contributed by atoms with Crippen LogP contribution in [-0.4, -0.2) is 34.1 Å². The van der Waals surface area contributed by atoms with Gasteiger partial charge in [-0.25, -0.2) is 13.1 Å². The lowest BCUT2D eigenvalue weighted by Crippen LogP contribution is -2.27. The number of hydrogen-bond donors (Lipinski definition) is 1. The summed E-state index contributed by atoms with van der Waals surface area (Å²) in [5.41, 5.74) is 0. The molecule has 0 aliphatic rings. The zero-order chi connectivity index (χ0) is 13.6. The van der Waals surface area contributed by atoms with Gasteiger partial charge in [-0.05, 0) is 18.2 Å². The van der Waals surface area contributed by atoms with Gasteiger partial charge in [-0.15, -0.1) is 11.6 Å². The minimum atomic E-state index is -3.61. The van der Waals surface area contributed by atoms with Crippen molar-refractivity contribution in [3.63, 3.8) is 0 Å². The van der Waals surface area contributed by atoms with Gasteiger partial charge < -0.3 is 4.74 Å². The second-order valence-electron chi connectivity index (χ2n) is 3.27. The average Bonchev–Trinajstić information content (AvgIpc) is 2.28. The SMILES string of the molecule is O=S(=O)(NCCOCCCl)c1ccc(Br)cc1Cl. The molecule has 0 aromatic heterocycles. The van der Waals surface area contributed by atoms with Gasteiger partial charge in [0, 0.05) is 16.9 Å². The van der Waals surface area contributed by atoms with Crippen LogP contribution in [0.1, 0.15) is 0 Å². The Morgan fingerprint density at radius 2 is 2.06 bits per heavy atom. The summed E-state index contributed by atoms with van der Waals surface area (Å²) in [6, 6.07) is 4.58. The summed E-state index contributed by atoms with van der Waals surface area (Å²) in [4.78, 5) is 0.0460. The molecule has 4 nitrogen and oxygen atoms in total. The van der Waals surface area contributed by atoms with Gasteiger partial charge in [0.1, 0.15) is 4.90 Å². The van der Waals surface area contributed by atoms with E-state index in [1.165, 1.54) is 12.1 Å². The first kappa shape index (κ1) is 16.2. The molecule has 0 unspecified atom stereocenters. The van der Waals surface area contributed by atoms with Gasteiger partial charge in [-0.3, -0.25) is 0 Å². The zero-order valence-corrected chi connectivity index (χ0v) is 13.2. The van der Waals surface area contributed by atoms with E-state index in [9.17, 15) is 8.42 Å². The molecule has 8 heteroatoms. The summed E-state index contributed by atoms with van der Waals surface area (Å²) in [6.07, 6.45) is 0. The fourth-order valence-electron chi connectivity index (χ4n) is 1.18. The lowest BCUT2D eigenvalue weighted by atomic mass is 10.4. The molecule has 0 amide bonds. The Kier molecular flexibility index (Phi) is 6.90. The molecule has 1 rings (SSSR count). The molecule has 0 radical (unpaired) electrons. The van der Waals surface area contributed by atoms with Crippen LogP contribution in [0.5, 0.6) is 0 Å². The van der Waals surface area contributed by atoms with Crippen molar-refractivity contribution < 1.29 is 13.2 Å². The third-order valence-electron chi connectivity index (χ3n) is 1.94. The second-order valence-corrected chi connectivity index (χ2v) is 6.71. The normalized spacial score (nSPS) is 11.7. The summed E-state index contributed by atoms with van der Waals surface area (Å²) in [5.74, 6) is 0.380. The molecule has 0 saturated heterocycles. The van der Waals surface area contributed by atoms with E-state index >= 15 is 0 Å². The maximum atomic E-state index is 11.9. The number of halogens is 3. The van der Waals surface area contributed by atoms with Crippen LogP contribution in [0.2, 0.25) is 5.02 Å². The van der Waals surface area contributed by atoms with E-state index in [1.807, 2.05) is 0 Å². The van der Waals surface area contributed by atoms with Crippen molar-refractivity contribution in [2.45, 2.75) is 4.90 Å². The van der Waals surface area contributed by atoms with Gasteiger partial charge in [0.25, 0.3) is 0 Å². The van der Waals surface area contributed by atoms with Crippen molar-refractivity contribution in [1.82, 2.24) is 4.72 Å². The number of benzene rings is 1. The highest BCUT2D eigenvalue weighted by atomic mass is 79.9. The van der Waals surface area contributed by atoms with E-state index < -0.39 is 10.0 Å². The number of nitrogens with one attached hydrogen (secondary N) is 1.